The quantitative estimate of drug-likeness (QED) is 0.800. The van der Waals surface area contributed by atoms with Crippen LogP contribution in [0.5, 0.6) is 0 Å². The topological polar surface area (TPSA) is 75.7 Å². The summed E-state index contributed by atoms with van der Waals surface area (Å²) in [6.45, 7) is 2.83. The van der Waals surface area contributed by atoms with Crippen LogP contribution in [-0.2, 0) is 14.8 Å². The lowest BCUT2D eigenvalue weighted by Gasteiger charge is -2.19. The first-order chi connectivity index (χ1) is 11.3. The molecule has 6 nitrogen and oxygen atoms in total. The van der Waals surface area contributed by atoms with Crippen molar-refractivity contribution in [2.45, 2.75) is 49.2 Å². The van der Waals surface area contributed by atoms with E-state index in [1.54, 1.807) is 0 Å². The van der Waals surface area contributed by atoms with Gasteiger partial charge in [0.25, 0.3) is 0 Å². The molecular formula is C16H21ClN2O4S. The van der Waals surface area contributed by atoms with Crippen molar-refractivity contribution in [3.63, 3.8) is 0 Å². The summed E-state index contributed by atoms with van der Waals surface area (Å²) in [5.41, 5.74) is 0.154. The maximum absolute atomic E-state index is 12.7. The Morgan fingerprint density at radius 3 is 2.71 bits per heavy atom. The Labute approximate surface area is 147 Å². The minimum absolute atomic E-state index is 0.0836. The second kappa shape index (κ2) is 6.63. The van der Waals surface area contributed by atoms with E-state index in [9.17, 15) is 13.2 Å². The van der Waals surface area contributed by atoms with Crippen LogP contribution in [0.25, 0.3) is 0 Å². The van der Waals surface area contributed by atoms with E-state index in [1.165, 1.54) is 38.2 Å². The van der Waals surface area contributed by atoms with Crippen molar-refractivity contribution in [3.05, 3.63) is 28.8 Å². The highest BCUT2D eigenvalue weighted by Gasteiger charge is 2.40. The lowest BCUT2D eigenvalue weighted by atomic mass is 10.2. The number of hydrogen-bond donors (Lipinski definition) is 1. The van der Waals surface area contributed by atoms with Crippen molar-refractivity contribution in [3.8, 4) is 0 Å². The summed E-state index contributed by atoms with van der Waals surface area (Å²) in [6, 6.07) is 4.91. The fourth-order valence-electron chi connectivity index (χ4n) is 3.29. The van der Waals surface area contributed by atoms with Gasteiger partial charge in [0.05, 0.1) is 17.7 Å². The Balaban J connectivity index is 1.79. The van der Waals surface area contributed by atoms with Crippen LogP contribution in [0.1, 0.15) is 36.5 Å². The molecule has 1 aromatic carbocycles. The maximum atomic E-state index is 12.7. The number of rotatable bonds is 5. The first-order valence-corrected chi connectivity index (χ1v) is 9.84. The van der Waals surface area contributed by atoms with Crippen LogP contribution >= 0.6 is 11.6 Å². The number of ether oxygens (including phenoxy) is 1. The molecule has 0 bridgehead atoms. The van der Waals surface area contributed by atoms with Crippen LogP contribution in [0.4, 0.5) is 0 Å². The van der Waals surface area contributed by atoms with Crippen LogP contribution in [0.3, 0.4) is 0 Å². The number of halogens is 1. The third-order valence-corrected chi connectivity index (χ3v) is 6.60. The second-order valence-electron chi connectivity index (χ2n) is 6.47. The molecule has 2 fully saturated rings. The van der Waals surface area contributed by atoms with Crippen LogP contribution in [0.15, 0.2) is 23.1 Å². The van der Waals surface area contributed by atoms with Gasteiger partial charge in [-0.3, -0.25) is 4.90 Å². The summed E-state index contributed by atoms with van der Waals surface area (Å²) in [7, 11) is -2.56. The molecule has 0 spiro atoms. The Hall–Kier alpha value is -1.15. The molecule has 1 heterocycles. The summed E-state index contributed by atoms with van der Waals surface area (Å²) >= 11 is 6.05. The minimum atomic E-state index is -3.81. The molecule has 2 aliphatic rings. The predicted molar refractivity (Wildman–Crippen MR) is 90.7 cm³/mol. The van der Waals surface area contributed by atoms with E-state index in [4.69, 9.17) is 11.6 Å². The highest BCUT2D eigenvalue weighted by Crippen LogP contribution is 2.34. The largest absolute Gasteiger partial charge is 0.465 e. The number of carbonyl (C=O) groups excluding carboxylic acids is 1. The van der Waals surface area contributed by atoms with Gasteiger partial charge in [-0.25, -0.2) is 17.9 Å². The fraction of sp³-hybridized carbons (Fsp3) is 0.562. The minimum Gasteiger partial charge on any atom is -0.465 e. The van der Waals surface area contributed by atoms with Gasteiger partial charge in [-0.1, -0.05) is 11.6 Å². The molecule has 0 aromatic heterocycles. The van der Waals surface area contributed by atoms with E-state index >= 15 is 0 Å². The smallest absolute Gasteiger partial charge is 0.337 e. The Bertz CT molecular complexity index is 748. The summed E-state index contributed by atoms with van der Waals surface area (Å²) in [5.74, 6) is -0.600. The second-order valence-corrected chi connectivity index (χ2v) is 8.56. The van der Waals surface area contributed by atoms with Gasteiger partial charge in [0, 0.05) is 24.7 Å². The zero-order valence-corrected chi connectivity index (χ0v) is 15.2. The highest BCUT2D eigenvalue weighted by molar-refractivity contribution is 7.89. The lowest BCUT2D eigenvalue weighted by molar-refractivity contribution is 0.0600. The number of nitrogens with one attached hydrogen (secondary N) is 1. The first-order valence-electron chi connectivity index (χ1n) is 7.97. The van der Waals surface area contributed by atoms with Gasteiger partial charge in [-0.15, -0.1) is 0 Å². The maximum Gasteiger partial charge on any atom is 0.337 e. The van der Waals surface area contributed by atoms with Crippen molar-refractivity contribution < 1.29 is 17.9 Å². The van der Waals surface area contributed by atoms with Crippen LogP contribution in [0, 0.1) is 0 Å². The molecule has 1 aliphatic carbocycles. The Morgan fingerprint density at radius 1 is 1.38 bits per heavy atom. The normalized spacial score (nSPS) is 25.0. The SMILES string of the molecule is COC(=O)c1ccc(Cl)c(S(=O)(=O)N[C@@H]2C[C@@H](C)N(C3CC3)C2)c1. The zero-order valence-electron chi connectivity index (χ0n) is 13.7. The van der Waals surface area contributed by atoms with E-state index in [1.807, 2.05) is 0 Å². The lowest BCUT2D eigenvalue weighted by Crippen LogP contribution is -2.37. The standard InChI is InChI=1S/C16H21ClN2O4S/c1-10-7-12(9-19(10)13-4-5-13)18-24(21,22)15-8-11(16(20)23-2)3-6-14(15)17/h3,6,8,10,12-13,18H,4-5,7,9H2,1-2H3/t10-,12-/m1/s1. The molecular weight excluding hydrogens is 352 g/mol. The van der Waals surface area contributed by atoms with Crippen LogP contribution in [-0.4, -0.2) is 51.1 Å². The van der Waals surface area contributed by atoms with Crippen molar-refractivity contribution in [2.75, 3.05) is 13.7 Å². The number of nitrogens with zero attached hydrogens (tertiary/aromatic N) is 1. The van der Waals surface area contributed by atoms with Crippen molar-refractivity contribution in [2.24, 2.45) is 0 Å². The number of methoxy groups -OCH3 is 1. The number of likely N-dealkylation sites (tertiary alicyclic amines) is 1. The van der Waals surface area contributed by atoms with Crippen LogP contribution in [0.2, 0.25) is 5.02 Å². The van der Waals surface area contributed by atoms with Gasteiger partial charge in [0.1, 0.15) is 4.90 Å². The molecule has 1 N–H and O–H groups in total. The van der Waals surface area contributed by atoms with Gasteiger partial charge < -0.3 is 4.74 Å². The average Bonchev–Trinajstić information content (AvgIpc) is 3.30. The zero-order chi connectivity index (χ0) is 17.5. The van der Waals surface area contributed by atoms with Crippen molar-refractivity contribution in [1.29, 1.82) is 0 Å². The summed E-state index contributed by atoms with van der Waals surface area (Å²) < 4.78 is 32.8. The third-order valence-electron chi connectivity index (χ3n) is 4.60. The number of carbonyl (C=O) groups is 1. The third kappa shape index (κ3) is 3.59. The molecule has 8 heteroatoms. The van der Waals surface area contributed by atoms with E-state index in [0.717, 1.165) is 6.42 Å². The molecule has 24 heavy (non-hydrogen) atoms. The number of benzene rings is 1. The van der Waals surface area contributed by atoms with E-state index in [2.05, 4.69) is 21.3 Å². The molecule has 2 atom stereocenters. The fourth-order valence-corrected chi connectivity index (χ4v) is 5.06. The molecule has 0 radical (unpaired) electrons. The molecule has 1 aromatic rings. The predicted octanol–water partition coefficient (Wildman–Crippen LogP) is 2.03. The van der Waals surface area contributed by atoms with Gasteiger partial charge in [0.15, 0.2) is 0 Å². The number of esters is 1. The number of sulfonamides is 1. The summed E-state index contributed by atoms with van der Waals surface area (Å²) in [5, 5.41) is 0.0836. The molecule has 0 unspecified atom stereocenters. The summed E-state index contributed by atoms with van der Waals surface area (Å²) in [6.07, 6.45) is 3.15. The van der Waals surface area contributed by atoms with E-state index in [-0.39, 0.29) is 21.5 Å². The van der Waals surface area contributed by atoms with E-state index < -0.39 is 16.0 Å². The first kappa shape index (κ1) is 17.7. The van der Waals surface area contributed by atoms with Crippen molar-refractivity contribution >= 4 is 27.6 Å². The highest BCUT2D eigenvalue weighted by atomic mass is 35.5. The van der Waals surface area contributed by atoms with E-state index in [0.29, 0.717) is 18.6 Å². The Kier molecular flexibility index (Phi) is 4.88. The van der Waals surface area contributed by atoms with Crippen molar-refractivity contribution in [1.82, 2.24) is 9.62 Å². The monoisotopic (exact) mass is 372 g/mol. The van der Waals surface area contributed by atoms with Gasteiger partial charge in [-0.2, -0.15) is 0 Å². The van der Waals surface area contributed by atoms with Gasteiger partial charge in [0.2, 0.25) is 10.0 Å². The molecule has 1 saturated carbocycles. The molecule has 0 amide bonds. The van der Waals surface area contributed by atoms with Crippen LogP contribution < -0.4 is 4.72 Å². The summed E-state index contributed by atoms with van der Waals surface area (Å²) in [4.78, 5) is 13.9. The number of hydrogen-bond acceptors (Lipinski definition) is 5. The van der Waals surface area contributed by atoms with Gasteiger partial charge in [-0.05, 0) is 44.4 Å². The molecule has 1 saturated heterocycles. The van der Waals surface area contributed by atoms with Gasteiger partial charge >= 0.3 is 5.97 Å². The average molecular weight is 373 g/mol. The molecule has 3 rings (SSSR count). The Morgan fingerprint density at radius 2 is 2.08 bits per heavy atom. The molecule has 132 valence electrons. The molecule has 1 aliphatic heterocycles.